The smallest absolute Gasteiger partial charge is 0.261 e. The van der Waals surface area contributed by atoms with Crippen LogP contribution in [-0.4, -0.2) is 22.9 Å². The number of carbonyl (C=O) groups is 1. The van der Waals surface area contributed by atoms with Gasteiger partial charge in [0.25, 0.3) is 5.91 Å². The van der Waals surface area contributed by atoms with Gasteiger partial charge in [-0.3, -0.25) is 4.79 Å². The molecule has 0 aromatic heterocycles. The molecule has 1 aliphatic rings. The van der Waals surface area contributed by atoms with Crippen LogP contribution in [0.4, 0.5) is 0 Å². The Labute approximate surface area is 112 Å². The van der Waals surface area contributed by atoms with E-state index < -0.39 is 0 Å². The van der Waals surface area contributed by atoms with Crippen molar-refractivity contribution >= 4 is 22.8 Å². The van der Waals surface area contributed by atoms with E-state index in [0.717, 1.165) is 18.1 Å². The Balaban J connectivity index is 1.86. The Bertz CT molecular complexity index is 444. The Morgan fingerprint density at radius 1 is 1.39 bits per heavy atom. The lowest BCUT2D eigenvalue weighted by molar-refractivity contribution is -0.117. The van der Waals surface area contributed by atoms with E-state index in [2.05, 4.69) is 29.4 Å². The van der Waals surface area contributed by atoms with Gasteiger partial charge in [-0.15, -0.1) is 0 Å². The fourth-order valence-corrected chi connectivity index (χ4v) is 2.76. The van der Waals surface area contributed by atoms with Crippen LogP contribution in [0.15, 0.2) is 35.3 Å². The van der Waals surface area contributed by atoms with Gasteiger partial charge < -0.3 is 5.32 Å². The van der Waals surface area contributed by atoms with Crippen molar-refractivity contribution in [1.82, 2.24) is 5.32 Å². The molecule has 1 aromatic carbocycles. The lowest BCUT2D eigenvalue weighted by Crippen LogP contribution is -2.24. The molecule has 1 aromatic rings. The van der Waals surface area contributed by atoms with E-state index in [1.807, 2.05) is 25.1 Å². The number of benzene rings is 1. The predicted octanol–water partition coefficient (Wildman–Crippen LogP) is 2.79. The first-order chi connectivity index (χ1) is 8.70. The standard InChI is InChI=1S/C14H18N2OS/c1-3-12-13(17)16-14(18-12)15-9-10(2)11-7-5-4-6-8-11/h4-8,10,12H,3,9H2,1-2H3,(H,15,16,17)/t10-,12+/m0/s1. The Kier molecular flexibility index (Phi) is 4.42. The Morgan fingerprint density at radius 3 is 2.72 bits per heavy atom. The maximum atomic E-state index is 11.5. The molecule has 3 nitrogen and oxygen atoms in total. The molecule has 0 unspecified atom stereocenters. The number of nitrogens with zero attached hydrogens (tertiary/aromatic N) is 1. The van der Waals surface area contributed by atoms with Crippen LogP contribution in [0, 0.1) is 0 Å². The summed E-state index contributed by atoms with van der Waals surface area (Å²) in [5.41, 5.74) is 1.30. The van der Waals surface area contributed by atoms with Crippen LogP contribution in [0.2, 0.25) is 0 Å². The van der Waals surface area contributed by atoms with Gasteiger partial charge in [-0.05, 0) is 17.9 Å². The third-order valence-electron chi connectivity index (χ3n) is 3.04. The van der Waals surface area contributed by atoms with E-state index in [4.69, 9.17) is 0 Å². The molecule has 1 heterocycles. The molecule has 2 atom stereocenters. The molecule has 0 saturated heterocycles. The minimum atomic E-state index is -0.00244. The van der Waals surface area contributed by atoms with Crippen LogP contribution in [0.5, 0.6) is 0 Å². The van der Waals surface area contributed by atoms with Gasteiger partial charge in [0.1, 0.15) is 0 Å². The lowest BCUT2D eigenvalue weighted by Gasteiger charge is -2.13. The summed E-state index contributed by atoms with van der Waals surface area (Å²) in [6, 6.07) is 10.4. The number of nitrogens with one attached hydrogen (secondary N) is 1. The van der Waals surface area contributed by atoms with E-state index in [1.54, 1.807) is 11.8 Å². The zero-order valence-electron chi connectivity index (χ0n) is 10.7. The van der Waals surface area contributed by atoms with E-state index >= 15 is 0 Å². The average molecular weight is 262 g/mol. The molecule has 1 aliphatic heterocycles. The highest BCUT2D eigenvalue weighted by Gasteiger charge is 2.26. The third kappa shape index (κ3) is 3.13. The summed E-state index contributed by atoms with van der Waals surface area (Å²) in [7, 11) is 0. The summed E-state index contributed by atoms with van der Waals surface area (Å²) in [6.07, 6.45) is 0.840. The van der Waals surface area contributed by atoms with Crippen molar-refractivity contribution in [3.05, 3.63) is 35.9 Å². The topological polar surface area (TPSA) is 41.5 Å². The van der Waals surface area contributed by atoms with Crippen molar-refractivity contribution in [1.29, 1.82) is 0 Å². The fourth-order valence-electron chi connectivity index (χ4n) is 1.86. The van der Waals surface area contributed by atoms with Gasteiger partial charge in [-0.1, -0.05) is 55.9 Å². The number of rotatable bonds is 4. The summed E-state index contributed by atoms with van der Waals surface area (Å²) in [4.78, 5) is 15.5. The van der Waals surface area contributed by atoms with Crippen LogP contribution in [0.25, 0.3) is 0 Å². The van der Waals surface area contributed by atoms with Gasteiger partial charge in [0, 0.05) is 6.54 Å². The minimum Gasteiger partial charge on any atom is -0.364 e. The molecule has 18 heavy (non-hydrogen) atoms. The van der Waals surface area contributed by atoms with Crippen LogP contribution in [-0.2, 0) is 4.79 Å². The number of amides is 1. The number of thioether (sulfide) groups is 1. The van der Waals surface area contributed by atoms with Crippen molar-refractivity contribution in [2.45, 2.75) is 31.4 Å². The molecule has 0 fully saturated rings. The van der Waals surface area contributed by atoms with Crippen LogP contribution < -0.4 is 5.32 Å². The normalized spacial score (nSPS) is 20.7. The van der Waals surface area contributed by atoms with Gasteiger partial charge >= 0.3 is 0 Å². The van der Waals surface area contributed by atoms with Crippen molar-refractivity contribution in [3.63, 3.8) is 0 Å². The molecule has 0 radical (unpaired) electrons. The molecule has 0 spiro atoms. The first-order valence-electron chi connectivity index (χ1n) is 6.28. The lowest BCUT2D eigenvalue weighted by atomic mass is 10.0. The predicted molar refractivity (Wildman–Crippen MR) is 77.0 cm³/mol. The number of hydrogen-bond acceptors (Lipinski definition) is 3. The van der Waals surface area contributed by atoms with Crippen molar-refractivity contribution in [2.75, 3.05) is 6.54 Å². The second-order valence-electron chi connectivity index (χ2n) is 4.46. The largest absolute Gasteiger partial charge is 0.364 e. The summed E-state index contributed by atoms with van der Waals surface area (Å²) in [6.45, 7) is 4.99. The highest BCUT2D eigenvalue weighted by atomic mass is 32.2. The highest BCUT2D eigenvalue weighted by Crippen LogP contribution is 2.24. The number of carbonyl (C=O) groups excluding carboxylic acids is 1. The second-order valence-corrected chi connectivity index (χ2v) is 5.65. The molecule has 0 aliphatic carbocycles. The fraction of sp³-hybridized carbons (Fsp3) is 0.429. The molecule has 0 bridgehead atoms. The summed E-state index contributed by atoms with van der Waals surface area (Å²) in [5, 5.41) is 4.05. The number of aliphatic imine (C=N–C) groups is 1. The van der Waals surface area contributed by atoms with Gasteiger partial charge in [0.15, 0.2) is 5.17 Å². The summed E-state index contributed by atoms with van der Waals surface area (Å²) in [5.74, 6) is 0.405. The van der Waals surface area contributed by atoms with E-state index in [0.29, 0.717) is 5.92 Å². The average Bonchev–Trinajstić information content (AvgIpc) is 2.77. The highest BCUT2D eigenvalue weighted by molar-refractivity contribution is 8.15. The molecule has 2 rings (SSSR count). The Morgan fingerprint density at radius 2 is 2.11 bits per heavy atom. The zero-order valence-corrected chi connectivity index (χ0v) is 11.5. The number of hydrogen-bond donors (Lipinski definition) is 1. The summed E-state index contributed by atoms with van der Waals surface area (Å²) >= 11 is 1.55. The number of amidine groups is 1. The van der Waals surface area contributed by atoms with Gasteiger partial charge in [-0.2, -0.15) is 4.99 Å². The Hall–Kier alpha value is -1.29. The van der Waals surface area contributed by atoms with E-state index in [-0.39, 0.29) is 11.2 Å². The zero-order chi connectivity index (χ0) is 13.0. The van der Waals surface area contributed by atoms with Crippen molar-refractivity contribution in [3.8, 4) is 0 Å². The third-order valence-corrected chi connectivity index (χ3v) is 4.32. The minimum absolute atomic E-state index is 0.00244. The van der Waals surface area contributed by atoms with E-state index in [9.17, 15) is 4.79 Å². The molecule has 0 saturated carbocycles. The first kappa shape index (κ1) is 13.1. The second kappa shape index (κ2) is 6.05. The quantitative estimate of drug-likeness (QED) is 0.907. The molecule has 96 valence electrons. The van der Waals surface area contributed by atoms with Gasteiger partial charge in [0.05, 0.1) is 5.25 Å². The van der Waals surface area contributed by atoms with Gasteiger partial charge in [-0.25, -0.2) is 0 Å². The van der Waals surface area contributed by atoms with Crippen molar-refractivity contribution < 1.29 is 4.79 Å². The molecule has 1 N–H and O–H groups in total. The molecular formula is C14H18N2OS. The van der Waals surface area contributed by atoms with Gasteiger partial charge in [0.2, 0.25) is 0 Å². The summed E-state index contributed by atoms with van der Waals surface area (Å²) < 4.78 is 0. The van der Waals surface area contributed by atoms with Crippen molar-refractivity contribution in [2.24, 2.45) is 4.99 Å². The SMILES string of the molecule is CC[C@H]1SC(NC[C@H](C)c2ccccc2)=NC1=O. The van der Waals surface area contributed by atoms with Crippen LogP contribution in [0.1, 0.15) is 31.7 Å². The van der Waals surface area contributed by atoms with Crippen LogP contribution >= 0.6 is 11.8 Å². The molecular weight excluding hydrogens is 244 g/mol. The van der Waals surface area contributed by atoms with E-state index in [1.165, 1.54) is 5.56 Å². The maximum absolute atomic E-state index is 11.5. The van der Waals surface area contributed by atoms with Crippen LogP contribution in [0.3, 0.4) is 0 Å². The maximum Gasteiger partial charge on any atom is 0.261 e. The molecule has 1 amide bonds. The first-order valence-corrected chi connectivity index (χ1v) is 7.16. The molecule has 4 heteroatoms. The monoisotopic (exact) mass is 262 g/mol.